The number of aromatic nitrogens is 2. The summed E-state index contributed by atoms with van der Waals surface area (Å²) < 4.78 is 39.7. The first kappa shape index (κ1) is 19.9. The minimum Gasteiger partial charge on any atom is -0.325 e. The predicted octanol–water partition coefficient (Wildman–Crippen LogP) is 4.75. The molecule has 146 valence electrons. The smallest absolute Gasteiger partial charge is 0.325 e. The molecule has 3 rings (SSSR count). The first-order valence-corrected chi connectivity index (χ1v) is 8.28. The molecule has 0 fully saturated rings. The molecule has 28 heavy (non-hydrogen) atoms. The maximum Gasteiger partial charge on any atom is 0.417 e. The van der Waals surface area contributed by atoms with Gasteiger partial charge < -0.3 is 9.72 Å². The lowest BCUT2D eigenvalue weighted by atomic mass is 10.2. The zero-order valence-corrected chi connectivity index (χ0v) is 15.1. The van der Waals surface area contributed by atoms with Crippen LogP contribution in [0.4, 0.5) is 24.5 Å². The number of nitro benzene ring substituents is 1. The Morgan fingerprint density at radius 1 is 1.21 bits per heavy atom. The Morgan fingerprint density at radius 2 is 1.93 bits per heavy atom. The van der Waals surface area contributed by atoms with E-state index in [2.05, 4.69) is 10.3 Å². The topological polar surface area (TPSA) is 89.5 Å². The molecule has 0 aliphatic heterocycles. The number of benzene rings is 1. The number of nitro groups is 1. The molecule has 0 radical (unpaired) electrons. The zero-order chi connectivity index (χ0) is 20.6. The number of carbonyl (C=O) groups is 1. The Hall–Kier alpha value is -2.85. The maximum atomic E-state index is 12.9. The Balaban J connectivity index is 1.81. The minimum atomic E-state index is -4.58. The molecule has 0 atom stereocenters. The highest BCUT2D eigenvalue weighted by atomic mass is 35.5. The molecule has 0 saturated carbocycles. The van der Waals surface area contributed by atoms with E-state index in [4.69, 9.17) is 23.2 Å². The van der Waals surface area contributed by atoms with Crippen molar-refractivity contribution in [2.45, 2.75) is 12.6 Å². The fraction of sp³-hybridized carbons (Fsp3) is 0.125. The molecule has 3 aromatic rings. The summed E-state index contributed by atoms with van der Waals surface area (Å²) in [5.41, 5.74) is -0.949. The van der Waals surface area contributed by atoms with Crippen molar-refractivity contribution in [1.29, 1.82) is 0 Å². The van der Waals surface area contributed by atoms with E-state index < -0.39 is 22.6 Å². The van der Waals surface area contributed by atoms with E-state index in [1.54, 1.807) is 0 Å². The summed E-state index contributed by atoms with van der Waals surface area (Å²) in [7, 11) is 0. The summed E-state index contributed by atoms with van der Waals surface area (Å²) in [6.45, 7) is 0. The second kappa shape index (κ2) is 7.28. The molecule has 0 saturated heterocycles. The molecule has 0 aliphatic carbocycles. The fourth-order valence-electron chi connectivity index (χ4n) is 2.45. The number of alkyl halides is 3. The van der Waals surface area contributed by atoms with E-state index >= 15 is 0 Å². The van der Waals surface area contributed by atoms with Crippen LogP contribution >= 0.6 is 23.2 Å². The summed E-state index contributed by atoms with van der Waals surface area (Å²) in [5.74, 6) is -0.577. The number of amides is 1. The predicted molar refractivity (Wildman–Crippen MR) is 95.6 cm³/mol. The summed E-state index contributed by atoms with van der Waals surface area (Å²) in [5, 5.41) is 13.0. The Labute approximate surface area is 164 Å². The molecule has 0 unspecified atom stereocenters. The number of imidazole rings is 1. The van der Waals surface area contributed by atoms with Crippen molar-refractivity contribution in [3.8, 4) is 0 Å². The monoisotopic (exact) mass is 432 g/mol. The number of fused-ring (bicyclic) bond motifs is 1. The van der Waals surface area contributed by atoms with Gasteiger partial charge >= 0.3 is 6.18 Å². The molecule has 2 aromatic heterocycles. The van der Waals surface area contributed by atoms with E-state index in [0.29, 0.717) is 0 Å². The highest BCUT2D eigenvalue weighted by Crippen LogP contribution is 2.32. The highest BCUT2D eigenvalue weighted by Gasteiger charge is 2.32. The van der Waals surface area contributed by atoms with Gasteiger partial charge in [0.1, 0.15) is 5.02 Å². The first-order chi connectivity index (χ1) is 13.0. The van der Waals surface area contributed by atoms with Gasteiger partial charge in [0.25, 0.3) is 5.69 Å². The van der Waals surface area contributed by atoms with Crippen LogP contribution in [0.25, 0.3) is 5.65 Å². The number of hydrogen-bond acceptors (Lipinski definition) is 4. The van der Waals surface area contributed by atoms with Crippen molar-refractivity contribution < 1.29 is 22.9 Å². The third-order valence-electron chi connectivity index (χ3n) is 3.65. The molecular weight excluding hydrogens is 424 g/mol. The number of carbonyl (C=O) groups excluding carboxylic acids is 1. The minimum absolute atomic E-state index is 0.0691. The highest BCUT2D eigenvalue weighted by molar-refractivity contribution is 6.33. The van der Waals surface area contributed by atoms with Gasteiger partial charge in [-0.1, -0.05) is 23.2 Å². The van der Waals surface area contributed by atoms with E-state index in [0.717, 1.165) is 22.7 Å². The lowest BCUT2D eigenvalue weighted by molar-refractivity contribution is -0.384. The molecule has 0 bridgehead atoms. The molecule has 7 nitrogen and oxygen atoms in total. The SMILES string of the molecule is O=C(Cc1cn2cc(C(F)(F)F)cc(Cl)c2n1)Nc1ccc(Cl)c([N+](=O)[O-])c1. The Bertz CT molecular complexity index is 1100. The van der Waals surface area contributed by atoms with Crippen molar-refractivity contribution in [2.75, 3.05) is 5.32 Å². The third kappa shape index (κ3) is 4.18. The number of anilines is 1. The molecule has 2 heterocycles. The normalized spacial score (nSPS) is 11.6. The van der Waals surface area contributed by atoms with Crippen LogP contribution in [-0.2, 0) is 17.4 Å². The van der Waals surface area contributed by atoms with Crippen molar-refractivity contribution in [1.82, 2.24) is 9.38 Å². The van der Waals surface area contributed by atoms with Gasteiger partial charge in [0.15, 0.2) is 5.65 Å². The number of nitrogens with zero attached hydrogens (tertiary/aromatic N) is 3. The maximum absolute atomic E-state index is 12.9. The van der Waals surface area contributed by atoms with Gasteiger partial charge in [0.2, 0.25) is 5.91 Å². The van der Waals surface area contributed by atoms with Crippen LogP contribution < -0.4 is 5.32 Å². The van der Waals surface area contributed by atoms with Gasteiger partial charge in [-0.3, -0.25) is 14.9 Å². The number of nitrogens with one attached hydrogen (secondary N) is 1. The van der Waals surface area contributed by atoms with Crippen LogP contribution in [0.2, 0.25) is 10.0 Å². The van der Waals surface area contributed by atoms with Gasteiger partial charge in [-0.2, -0.15) is 13.2 Å². The van der Waals surface area contributed by atoms with Crippen LogP contribution in [0.1, 0.15) is 11.3 Å². The van der Waals surface area contributed by atoms with E-state index in [1.807, 2.05) is 0 Å². The Kier molecular flexibility index (Phi) is 5.18. The van der Waals surface area contributed by atoms with Crippen molar-refractivity contribution >= 4 is 46.1 Å². The largest absolute Gasteiger partial charge is 0.417 e. The third-order valence-corrected chi connectivity index (χ3v) is 4.25. The average molecular weight is 433 g/mol. The summed E-state index contributed by atoms with van der Waals surface area (Å²) >= 11 is 11.6. The van der Waals surface area contributed by atoms with Crippen molar-refractivity contribution in [2.24, 2.45) is 0 Å². The van der Waals surface area contributed by atoms with Gasteiger partial charge in [0, 0.05) is 24.1 Å². The zero-order valence-electron chi connectivity index (χ0n) is 13.6. The second-order valence-corrected chi connectivity index (χ2v) is 6.50. The fourth-order valence-corrected chi connectivity index (χ4v) is 2.89. The molecule has 0 aliphatic rings. The van der Waals surface area contributed by atoms with Crippen molar-refractivity contribution in [3.63, 3.8) is 0 Å². The first-order valence-electron chi connectivity index (χ1n) is 7.52. The van der Waals surface area contributed by atoms with E-state index in [-0.39, 0.29) is 39.2 Å². The van der Waals surface area contributed by atoms with Crippen LogP contribution in [0.15, 0.2) is 36.7 Å². The standard InChI is InChI=1S/C16H9Cl2F3N4O3/c17-11-2-1-9(4-13(11)25(27)28)22-14(26)5-10-7-24-6-8(16(19,20)21)3-12(18)15(24)23-10/h1-4,6-7H,5H2,(H,22,26). The van der Waals surface area contributed by atoms with Gasteiger partial charge in [-0.15, -0.1) is 0 Å². The number of halogens is 5. The summed E-state index contributed by atoms with van der Waals surface area (Å²) in [6, 6.07) is 4.49. The summed E-state index contributed by atoms with van der Waals surface area (Å²) in [4.78, 5) is 26.4. The number of pyridine rings is 1. The molecular formula is C16H9Cl2F3N4O3. The van der Waals surface area contributed by atoms with Gasteiger partial charge in [-0.25, -0.2) is 4.98 Å². The van der Waals surface area contributed by atoms with Gasteiger partial charge in [0.05, 0.1) is 27.6 Å². The lowest BCUT2D eigenvalue weighted by Gasteiger charge is -2.07. The van der Waals surface area contributed by atoms with Crippen LogP contribution in [-0.4, -0.2) is 20.2 Å². The van der Waals surface area contributed by atoms with Crippen LogP contribution in [0.5, 0.6) is 0 Å². The average Bonchev–Trinajstić information content (AvgIpc) is 2.98. The van der Waals surface area contributed by atoms with E-state index in [1.165, 1.54) is 18.3 Å². The second-order valence-electron chi connectivity index (χ2n) is 5.69. The lowest BCUT2D eigenvalue weighted by Crippen LogP contribution is -2.14. The molecule has 12 heteroatoms. The summed E-state index contributed by atoms with van der Waals surface area (Å²) in [6.07, 6.45) is -2.79. The number of hydrogen-bond donors (Lipinski definition) is 1. The Morgan fingerprint density at radius 3 is 2.57 bits per heavy atom. The van der Waals surface area contributed by atoms with E-state index in [9.17, 15) is 28.1 Å². The van der Waals surface area contributed by atoms with Gasteiger partial charge in [-0.05, 0) is 18.2 Å². The quantitative estimate of drug-likeness (QED) is 0.475. The van der Waals surface area contributed by atoms with Crippen molar-refractivity contribution in [3.05, 3.63) is 68.1 Å². The molecule has 0 spiro atoms. The van der Waals surface area contributed by atoms with Crippen LogP contribution in [0, 0.1) is 10.1 Å². The molecule has 1 N–H and O–H groups in total. The molecule has 1 amide bonds. The van der Waals surface area contributed by atoms with Crippen LogP contribution in [0.3, 0.4) is 0 Å². The number of rotatable bonds is 4. The molecule has 1 aromatic carbocycles.